The third-order valence-electron chi connectivity index (χ3n) is 5.55. The summed E-state index contributed by atoms with van der Waals surface area (Å²) in [5.74, 6) is -0.507. The van der Waals surface area contributed by atoms with Crippen molar-refractivity contribution in [1.29, 1.82) is 0 Å². The van der Waals surface area contributed by atoms with E-state index in [1.807, 2.05) is 41.5 Å². The van der Waals surface area contributed by atoms with Crippen molar-refractivity contribution in [1.82, 2.24) is 4.90 Å². The van der Waals surface area contributed by atoms with Gasteiger partial charge in [-0.25, -0.2) is 9.18 Å². The van der Waals surface area contributed by atoms with E-state index in [0.29, 0.717) is 11.0 Å². The van der Waals surface area contributed by atoms with Gasteiger partial charge in [-0.05, 0) is 50.7 Å². The molecule has 0 spiro atoms. The van der Waals surface area contributed by atoms with E-state index in [-0.39, 0.29) is 24.2 Å². The summed E-state index contributed by atoms with van der Waals surface area (Å²) in [6.45, 7) is 12.0. The maximum Gasteiger partial charge on any atom is 0.494 e. The van der Waals surface area contributed by atoms with Crippen molar-refractivity contribution in [2.75, 3.05) is 13.6 Å². The Hall–Kier alpha value is -1.60. The van der Waals surface area contributed by atoms with Gasteiger partial charge in [-0.2, -0.15) is 0 Å². The van der Waals surface area contributed by atoms with Crippen LogP contribution in [0.3, 0.4) is 0 Å². The summed E-state index contributed by atoms with van der Waals surface area (Å²) in [7, 11) is 0.872. The van der Waals surface area contributed by atoms with Crippen LogP contribution in [0.4, 0.5) is 9.18 Å². The second-order valence-corrected chi connectivity index (χ2v) is 8.38. The predicted molar refractivity (Wildman–Crippen MR) is 100 cm³/mol. The molecule has 1 saturated heterocycles. The van der Waals surface area contributed by atoms with Crippen molar-refractivity contribution in [3.05, 3.63) is 29.6 Å². The molecule has 1 aromatic carbocycles. The SMILES string of the molecule is CC(C)C(CN(C)C(=O)O)c1ccc(B2OC(C)(C)C(C)(C)O2)cc1F. The maximum absolute atomic E-state index is 14.9. The third-order valence-corrected chi connectivity index (χ3v) is 5.55. The van der Waals surface area contributed by atoms with Crippen LogP contribution in [0.2, 0.25) is 0 Å². The quantitative estimate of drug-likeness (QED) is 0.812. The molecule has 1 aliphatic rings. The normalized spacial score (nSPS) is 19.7. The zero-order valence-electron chi connectivity index (χ0n) is 16.7. The molecule has 1 aromatic rings. The molecule has 0 aliphatic carbocycles. The molecule has 144 valence electrons. The fraction of sp³-hybridized carbons (Fsp3) is 0.632. The number of carbonyl (C=O) groups is 1. The first-order valence-electron chi connectivity index (χ1n) is 8.95. The summed E-state index contributed by atoms with van der Waals surface area (Å²) in [5.41, 5.74) is 0.155. The second kappa shape index (κ2) is 7.20. The van der Waals surface area contributed by atoms with E-state index in [0.717, 1.165) is 0 Å². The molecule has 0 bridgehead atoms. The molecule has 1 N–H and O–H groups in total. The Kier molecular flexibility index (Phi) is 5.73. The fourth-order valence-corrected chi connectivity index (χ4v) is 3.01. The van der Waals surface area contributed by atoms with Gasteiger partial charge in [0.1, 0.15) is 5.82 Å². The first-order chi connectivity index (χ1) is 11.9. The Bertz CT molecular complexity index is 662. The first-order valence-corrected chi connectivity index (χ1v) is 8.95. The van der Waals surface area contributed by atoms with Gasteiger partial charge in [-0.3, -0.25) is 0 Å². The van der Waals surface area contributed by atoms with Crippen LogP contribution in [0, 0.1) is 11.7 Å². The highest BCUT2D eigenvalue weighted by molar-refractivity contribution is 6.62. The molecule has 1 unspecified atom stereocenters. The van der Waals surface area contributed by atoms with Crippen LogP contribution in [-0.2, 0) is 9.31 Å². The van der Waals surface area contributed by atoms with Crippen LogP contribution < -0.4 is 5.46 Å². The van der Waals surface area contributed by atoms with Crippen LogP contribution in [-0.4, -0.2) is 48.0 Å². The fourth-order valence-electron chi connectivity index (χ4n) is 3.01. The lowest BCUT2D eigenvalue weighted by Crippen LogP contribution is -2.41. The highest BCUT2D eigenvalue weighted by atomic mass is 19.1. The molecular weight excluding hydrogens is 336 g/mol. The molecule has 7 heteroatoms. The minimum atomic E-state index is -1.02. The topological polar surface area (TPSA) is 59.0 Å². The standard InChI is InChI=1S/C19H29BFNO4/c1-12(2)15(11-22(7)17(23)24)14-9-8-13(10-16(14)21)20-25-18(3,4)19(5,6)26-20/h8-10,12,15H,11H2,1-7H3,(H,23,24). The summed E-state index contributed by atoms with van der Waals surface area (Å²) in [6, 6.07) is 4.96. The lowest BCUT2D eigenvalue weighted by atomic mass is 9.77. The summed E-state index contributed by atoms with van der Waals surface area (Å²) < 4.78 is 26.8. The number of rotatable bonds is 5. The number of carboxylic acid groups (broad SMARTS) is 1. The Morgan fingerprint density at radius 3 is 2.19 bits per heavy atom. The van der Waals surface area contributed by atoms with E-state index in [1.165, 1.54) is 18.0 Å². The van der Waals surface area contributed by atoms with Gasteiger partial charge in [-0.15, -0.1) is 0 Å². The van der Waals surface area contributed by atoms with E-state index < -0.39 is 24.4 Å². The molecule has 0 radical (unpaired) electrons. The van der Waals surface area contributed by atoms with Gasteiger partial charge >= 0.3 is 13.2 Å². The maximum atomic E-state index is 14.9. The zero-order valence-corrected chi connectivity index (χ0v) is 16.7. The average molecular weight is 365 g/mol. The molecule has 1 heterocycles. The van der Waals surface area contributed by atoms with Gasteiger partial charge in [0, 0.05) is 19.5 Å². The zero-order chi connectivity index (χ0) is 19.9. The summed E-state index contributed by atoms with van der Waals surface area (Å²) in [4.78, 5) is 12.3. The molecule has 0 aromatic heterocycles. The highest BCUT2D eigenvalue weighted by Gasteiger charge is 2.51. The number of hydrogen-bond donors (Lipinski definition) is 1. The van der Waals surface area contributed by atoms with E-state index in [2.05, 4.69) is 0 Å². The smallest absolute Gasteiger partial charge is 0.465 e. The highest BCUT2D eigenvalue weighted by Crippen LogP contribution is 2.36. The summed E-state index contributed by atoms with van der Waals surface area (Å²) >= 11 is 0. The molecule has 0 saturated carbocycles. The third kappa shape index (κ3) is 4.04. The number of likely N-dealkylation sites (N-methyl/N-ethyl adjacent to an activating group) is 1. The van der Waals surface area contributed by atoms with Gasteiger partial charge < -0.3 is 19.3 Å². The van der Waals surface area contributed by atoms with Crippen molar-refractivity contribution in [2.45, 2.75) is 58.7 Å². The van der Waals surface area contributed by atoms with E-state index in [9.17, 15) is 9.18 Å². The van der Waals surface area contributed by atoms with Crippen molar-refractivity contribution in [3.63, 3.8) is 0 Å². The number of benzene rings is 1. The second-order valence-electron chi connectivity index (χ2n) is 8.38. The predicted octanol–water partition coefficient (Wildman–Crippen LogP) is 3.47. The molecule has 1 aliphatic heterocycles. The van der Waals surface area contributed by atoms with Crippen molar-refractivity contribution >= 4 is 18.7 Å². The lowest BCUT2D eigenvalue weighted by molar-refractivity contribution is 0.00578. The number of halogens is 1. The molecule has 5 nitrogen and oxygen atoms in total. The number of hydrogen-bond acceptors (Lipinski definition) is 3. The molecule has 1 amide bonds. The minimum absolute atomic E-state index is 0.0917. The summed E-state index contributed by atoms with van der Waals surface area (Å²) in [6.07, 6.45) is -1.02. The largest absolute Gasteiger partial charge is 0.494 e. The molecule has 2 rings (SSSR count). The van der Waals surface area contributed by atoms with Crippen LogP contribution in [0.25, 0.3) is 0 Å². The Balaban J connectivity index is 2.27. The summed E-state index contributed by atoms with van der Waals surface area (Å²) in [5, 5.41) is 9.11. The number of amides is 1. The van der Waals surface area contributed by atoms with Crippen molar-refractivity contribution in [2.24, 2.45) is 5.92 Å². The first kappa shape index (κ1) is 20.7. The van der Waals surface area contributed by atoms with Gasteiger partial charge in [-0.1, -0.05) is 26.0 Å². The van der Waals surface area contributed by atoms with Crippen LogP contribution >= 0.6 is 0 Å². The van der Waals surface area contributed by atoms with E-state index >= 15 is 0 Å². The molecule has 1 fully saturated rings. The van der Waals surface area contributed by atoms with E-state index in [1.54, 1.807) is 12.1 Å². The van der Waals surface area contributed by atoms with Crippen molar-refractivity contribution < 1.29 is 23.6 Å². The minimum Gasteiger partial charge on any atom is -0.465 e. The monoisotopic (exact) mass is 365 g/mol. The number of nitrogens with zero attached hydrogens (tertiary/aromatic N) is 1. The van der Waals surface area contributed by atoms with Crippen LogP contribution in [0.1, 0.15) is 53.0 Å². The molecule has 26 heavy (non-hydrogen) atoms. The van der Waals surface area contributed by atoms with Gasteiger partial charge in [0.25, 0.3) is 0 Å². The van der Waals surface area contributed by atoms with Gasteiger partial charge in [0.05, 0.1) is 11.2 Å². The Morgan fingerprint density at radius 2 is 1.77 bits per heavy atom. The van der Waals surface area contributed by atoms with Crippen LogP contribution in [0.5, 0.6) is 0 Å². The van der Waals surface area contributed by atoms with Gasteiger partial charge in [0.15, 0.2) is 0 Å². The van der Waals surface area contributed by atoms with Gasteiger partial charge in [0.2, 0.25) is 0 Å². The average Bonchev–Trinajstić information content (AvgIpc) is 2.72. The Labute approximate surface area is 155 Å². The van der Waals surface area contributed by atoms with E-state index in [4.69, 9.17) is 14.4 Å². The van der Waals surface area contributed by atoms with Crippen LogP contribution in [0.15, 0.2) is 18.2 Å². The van der Waals surface area contributed by atoms with Crippen molar-refractivity contribution in [3.8, 4) is 0 Å². The molecular formula is C19H29BFNO4. The lowest BCUT2D eigenvalue weighted by Gasteiger charge is -2.32. The molecule has 1 atom stereocenters. The Morgan fingerprint density at radius 1 is 1.23 bits per heavy atom.